The highest BCUT2D eigenvalue weighted by atomic mass is 35.5. The molecule has 148 valence electrons. The van der Waals surface area contributed by atoms with Crippen molar-refractivity contribution < 1.29 is 4.79 Å². The summed E-state index contributed by atoms with van der Waals surface area (Å²) < 4.78 is 1.91. The monoisotopic (exact) mass is 399 g/mol. The maximum absolute atomic E-state index is 12.6. The number of amides is 2. The van der Waals surface area contributed by atoms with Gasteiger partial charge in [0.1, 0.15) is 0 Å². The maximum atomic E-state index is 12.6. The minimum absolute atomic E-state index is 0.211. The quantitative estimate of drug-likeness (QED) is 0.614. The Bertz CT molecular complexity index is 953. The van der Waals surface area contributed by atoms with E-state index in [9.17, 15) is 4.79 Å². The summed E-state index contributed by atoms with van der Waals surface area (Å²) in [5.41, 5.74) is 1.60. The summed E-state index contributed by atoms with van der Waals surface area (Å²) in [6.45, 7) is 6.72. The fourth-order valence-electron chi connectivity index (χ4n) is 3.17. The van der Waals surface area contributed by atoms with E-state index in [4.69, 9.17) is 11.6 Å². The van der Waals surface area contributed by atoms with Gasteiger partial charge in [-0.1, -0.05) is 57.0 Å². The molecule has 0 aliphatic heterocycles. The number of aromatic nitrogens is 3. The van der Waals surface area contributed by atoms with E-state index >= 15 is 0 Å². The fraction of sp³-hybridized carbons (Fsp3) is 0.381. The zero-order chi connectivity index (χ0) is 20.1. The van der Waals surface area contributed by atoms with Crippen LogP contribution in [0.2, 0.25) is 5.02 Å². The number of hydrogen-bond acceptors (Lipinski definition) is 3. The Kier molecular flexibility index (Phi) is 6.19. The molecule has 0 fully saturated rings. The molecular formula is C21H26ClN5O. The van der Waals surface area contributed by atoms with Gasteiger partial charge in [0.25, 0.3) is 0 Å². The van der Waals surface area contributed by atoms with Crippen LogP contribution in [0.1, 0.15) is 51.0 Å². The van der Waals surface area contributed by atoms with Crippen LogP contribution in [-0.2, 0) is 5.41 Å². The third-order valence-electron chi connectivity index (χ3n) is 4.83. The van der Waals surface area contributed by atoms with Gasteiger partial charge in [0, 0.05) is 23.2 Å². The van der Waals surface area contributed by atoms with Crippen molar-refractivity contribution in [2.75, 3.05) is 6.54 Å². The summed E-state index contributed by atoms with van der Waals surface area (Å²) in [6.07, 6.45) is 3.61. The van der Waals surface area contributed by atoms with Crippen LogP contribution in [0, 0.1) is 0 Å². The van der Waals surface area contributed by atoms with Crippen LogP contribution in [-0.4, -0.2) is 27.2 Å². The van der Waals surface area contributed by atoms with E-state index in [2.05, 4.69) is 41.6 Å². The smallest absolute Gasteiger partial charge is 0.315 e. The largest absolute Gasteiger partial charge is 0.337 e. The SMILES string of the molecule is CCCC(NC(=O)NCC(C)(C)c1cccc(Cl)c1)c1nnc2ccccn12. The Labute approximate surface area is 170 Å². The Morgan fingerprint density at radius 3 is 2.79 bits per heavy atom. The van der Waals surface area contributed by atoms with Gasteiger partial charge in [-0.15, -0.1) is 10.2 Å². The minimum atomic E-state index is -0.246. The van der Waals surface area contributed by atoms with Gasteiger partial charge in [-0.05, 0) is 36.2 Å². The third kappa shape index (κ3) is 4.62. The molecule has 1 unspecified atom stereocenters. The van der Waals surface area contributed by atoms with Crippen LogP contribution in [0.15, 0.2) is 48.7 Å². The van der Waals surface area contributed by atoms with Gasteiger partial charge < -0.3 is 10.6 Å². The first kappa shape index (κ1) is 20.1. The lowest BCUT2D eigenvalue weighted by Gasteiger charge is -2.26. The number of urea groups is 1. The molecule has 28 heavy (non-hydrogen) atoms. The summed E-state index contributed by atoms with van der Waals surface area (Å²) in [4.78, 5) is 12.6. The molecule has 1 aromatic carbocycles. The molecule has 0 saturated carbocycles. The highest BCUT2D eigenvalue weighted by Crippen LogP contribution is 2.25. The topological polar surface area (TPSA) is 71.3 Å². The molecule has 1 atom stereocenters. The molecule has 2 aromatic heterocycles. The van der Waals surface area contributed by atoms with Gasteiger partial charge >= 0.3 is 6.03 Å². The van der Waals surface area contributed by atoms with Crippen LogP contribution < -0.4 is 10.6 Å². The van der Waals surface area contributed by atoms with Crippen LogP contribution in [0.4, 0.5) is 4.79 Å². The first-order valence-electron chi connectivity index (χ1n) is 9.51. The van der Waals surface area contributed by atoms with E-state index in [1.807, 2.05) is 53.1 Å². The van der Waals surface area contributed by atoms with E-state index in [0.717, 1.165) is 29.9 Å². The number of nitrogens with zero attached hydrogens (tertiary/aromatic N) is 3. The number of pyridine rings is 1. The molecule has 2 N–H and O–H groups in total. The van der Waals surface area contributed by atoms with Crippen molar-refractivity contribution in [2.24, 2.45) is 0 Å². The van der Waals surface area contributed by atoms with Crippen molar-refractivity contribution in [3.8, 4) is 0 Å². The molecular weight excluding hydrogens is 374 g/mol. The van der Waals surface area contributed by atoms with Crippen molar-refractivity contribution >= 4 is 23.3 Å². The van der Waals surface area contributed by atoms with Gasteiger partial charge in [0.2, 0.25) is 0 Å². The van der Waals surface area contributed by atoms with Crippen LogP contribution in [0.25, 0.3) is 5.65 Å². The number of rotatable bonds is 7. The molecule has 2 amide bonds. The number of benzene rings is 1. The lowest BCUT2D eigenvalue weighted by atomic mass is 9.85. The third-order valence-corrected chi connectivity index (χ3v) is 5.07. The number of nitrogens with one attached hydrogen (secondary N) is 2. The highest BCUT2D eigenvalue weighted by Gasteiger charge is 2.24. The predicted molar refractivity (Wildman–Crippen MR) is 112 cm³/mol. The molecule has 3 aromatic rings. The number of carbonyl (C=O) groups excluding carboxylic acids is 1. The van der Waals surface area contributed by atoms with Crippen LogP contribution in [0.5, 0.6) is 0 Å². The highest BCUT2D eigenvalue weighted by molar-refractivity contribution is 6.30. The standard InChI is InChI=1S/C21H26ClN5O/c1-4-8-17(19-26-25-18-11-5-6-12-27(18)19)24-20(28)23-14-21(2,3)15-9-7-10-16(22)13-15/h5-7,9-13,17H,4,8,14H2,1-3H3,(H2,23,24,28). The molecule has 0 bridgehead atoms. The summed E-state index contributed by atoms with van der Waals surface area (Å²) in [7, 11) is 0. The van der Waals surface area contributed by atoms with E-state index in [-0.39, 0.29) is 17.5 Å². The van der Waals surface area contributed by atoms with Crippen molar-refractivity contribution in [1.29, 1.82) is 0 Å². The lowest BCUT2D eigenvalue weighted by molar-refractivity contribution is 0.233. The first-order valence-corrected chi connectivity index (χ1v) is 9.88. The molecule has 6 nitrogen and oxygen atoms in total. The molecule has 3 rings (SSSR count). The Hall–Kier alpha value is -2.60. The Balaban J connectivity index is 1.68. The fourth-order valence-corrected chi connectivity index (χ4v) is 3.36. The van der Waals surface area contributed by atoms with Crippen molar-refractivity contribution in [3.63, 3.8) is 0 Å². The zero-order valence-electron chi connectivity index (χ0n) is 16.4. The van der Waals surface area contributed by atoms with Crippen molar-refractivity contribution in [2.45, 2.75) is 45.1 Å². The number of hydrogen-bond donors (Lipinski definition) is 2. The summed E-state index contributed by atoms with van der Waals surface area (Å²) in [6, 6.07) is 13.0. The second-order valence-electron chi connectivity index (χ2n) is 7.55. The molecule has 2 heterocycles. The molecule has 0 aliphatic carbocycles. The summed E-state index contributed by atoms with van der Waals surface area (Å²) in [5, 5.41) is 15.2. The second-order valence-corrected chi connectivity index (χ2v) is 7.99. The van der Waals surface area contributed by atoms with Gasteiger partial charge in [0.05, 0.1) is 6.04 Å². The predicted octanol–water partition coefficient (Wildman–Crippen LogP) is 4.50. The van der Waals surface area contributed by atoms with E-state index in [1.165, 1.54) is 0 Å². The average molecular weight is 400 g/mol. The molecule has 0 saturated heterocycles. The van der Waals surface area contributed by atoms with E-state index in [0.29, 0.717) is 11.6 Å². The van der Waals surface area contributed by atoms with Gasteiger partial charge in [0.15, 0.2) is 11.5 Å². The number of carbonyl (C=O) groups is 1. The zero-order valence-corrected chi connectivity index (χ0v) is 17.2. The van der Waals surface area contributed by atoms with E-state index < -0.39 is 0 Å². The lowest BCUT2D eigenvalue weighted by Crippen LogP contribution is -2.43. The first-order chi connectivity index (χ1) is 13.4. The van der Waals surface area contributed by atoms with Crippen molar-refractivity contribution in [3.05, 3.63) is 65.1 Å². The van der Waals surface area contributed by atoms with Gasteiger partial charge in [-0.25, -0.2) is 4.79 Å². The molecule has 7 heteroatoms. The normalized spacial score (nSPS) is 12.7. The summed E-state index contributed by atoms with van der Waals surface area (Å²) >= 11 is 6.11. The number of fused-ring (bicyclic) bond motifs is 1. The van der Waals surface area contributed by atoms with Crippen molar-refractivity contribution in [1.82, 2.24) is 25.2 Å². The van der Waals surface area contributed by atoms with Gasteiger partial charge in [-0.3, -0.25) is 4.40 Å². The van der Waals surface area contributed by atoms with E-state index in [1.54, 1.807) is 0 Å². The molecule has 0 spiro atoms. The minimum Gasteiger partial charge on any atom is -0.337 e. The average Bonchev–Trinajstić information content (AvgIpc) is 3.10. The molecule has 0 radical (unpaired) electrons. The molecule has 0 aliphatic rings. The van der Waals surface area contributed by atoms with Gasteiger partial charge in [-0.2, -0.15) is 0 Å². The maximum Gasteiger partial charge on any atom is 0.315 e. The Morgan fingerprint density at radius 1 is 1.21 bits per heavy atom. The summed E-state index contributed by atoms with van der Waals surface area (Å²) in [5.74, 6) is 0.738. The second kappa shape index (κ2) is 8.61. The Morgan fingerprint density at radius 2 is 2.04 bits per heavy atom. The van der Waals surface area contributed by atoms with Crippen LogP contribution >= 0.6 is 11.6 Å². The van der Waals surface area contributed by atoms with Crippen LogP contribution in [0.3, 0.4) is 0 Å². The number of halogens is 1.